The highest BCUT2D eigenvalue weighted by Gasteiger charge is 2.35. The predicted molar refractivity (Wildman–Crippen MR) is 88.5 cm³/mol. The number of hydrogen-bond donors (Lipinski definition) is 0. The SMILES string of the molecule is CC1Cc2ccc3c(c2O1)-c1cccc2c1[C@@H](C3)N(C)CC2. The Hall–Kier alpha value is -1.80. The average molecular weight is 291 g/mol. The molecule has 0 radical (unpaired) electrons. The molecule has 2 heteroatoms. The van der Waals surface area contributed by atoms with Crippen LogP contribution in [-0.4, -0.2) is 24.6 Å². The fourth-order valence-corrected chi connectivity index (χ4v) is 4.56. The summed E-state index contributed by atoms with van der Waals surface area (Å²) in [6.07, 6.45) is 3.63. The van der Waals surface area contributed by atoms with E-state index in [2.05, 4.69) is 49.2 Å². The van der Waals surface area contributed by atoms with Gasteiger partial charge in [0.15, 0.2) is 0 Å². The molecule has 0 aromatic heterocycles. The van der Waals surface area contributed by atoms with Gasteiger partial charge < -0.3 is 4.74 Å². The Morgan fingerprint density at radius 3 is 2.82 bits per heavy atom. The van der Waals surface area contributed by atoms with Gasteiger partial charge in [-0.3, -0.25) is 4.90 Å². The molecule has 0 amide bonds. The molecule has 2 aliphatic heterocycles. The smallest absolute Gasteiger partial charge is 0.131 e. The number of ether oxygens (including phenoxy) is 1. The minimum atomic E-state index is 0.307. The highest BCUT2D eigenvalue weighted by atomic mass is 16.5. The second-order valence-corrected chi connectivity index (χ2v) is 7.05. The van der Waals surface area contributed by atoms with Crippen molar-refractivity contribution in [2.45, 2.75) is 38.3 Å². The monoisotopic (exact) mass is 291 g/mol. The fraction of sp³-hybridized carbons (Fsp3) is 0.400. The molecule has 0 spiro atoms. The third kappa shape index (κ3) is 1.59. The predicted octanol–water partition coefficient (Wildman–Crippen LogP) is 3.76. The number of fused-ring (bicyclic) bond motifs is 4. The van der Waals surface area contributed by atoms with Crippen LogP contribution in [0.1, 0.15) is 35.2 Å². The highest BCUT2D eigenvalue weighted by molar-refractivity contribution is 5.82. The van der Waals surface area contributed by atoms with E-state index in [1.165, 1.54) is 27.8 Å². The van der Waals surface area contributed by atoms with Gasteiger partial charge in [-0.25, -0.2) is 0 Å². The van der Waals surface area contributed by atoms with Gasteiger partial charge in [-0.2, -0.15) is 0 Å². The number of nitrogens with zero attached hydrogens (tertiary/aromatic N) is 1. The van der Waals surface area contributed by atoms with Gasteiger partial charge in [0.1, 0.15) is 11.9 Å². The molecule has 1 aliphatic carbocycles. The van der Waals surface area contributed by atoms with E-state index in [1.54, 1.807) is 5.56 Å². The van der Waals surface area contributed by atoms with Gasteiger partial charge in [-0.05, 0) is 54.6 Å². The summed E-state index contributed by atoms with van der Waals surface area (Å²) in [4.78, 5) is 2.52. The lowest BCUT2D eigenvalue weighted by atomic mass is 9.76. The largest absolute Gasteiger partial charge is 0.489 e. The van der Waals surface area contributed by atoms with Crippen LogP contribution >= 0.6 is 0 Å². The Balaban J connectivity index is 1.80. The maximum atomic E-state index is 6.20. The van der Waals surface area contributed by atoms with E-state index in [4.69, 9.17) is 4.74 Å². The van der Waals surface area contributed by atoms with Crippen LogP contribution in [0.4, 0.5) is 0 Å². The highest BCUT2D eigenvalue weighted by Crippen LogP contribution is 2.50. The van der Waals surface area contributed by atoms with E-state index in [0.29, 0.717) is 12.1 Å². The molecular weight excluding hydrogens is 270 g/mol. The number of hydrogen-bond acceptors (Lipinski definition) is 2. The van der Waals surface area contributed by atoms with Gasteiger partial charge in [0.05, 0.1) is 0 Å². The van der Waals surface area contributed by atoms with Gasteiger partial charge in [-0.1, -0.05) is 30.3 Å². The van der Waals surface area contributed by atoms with E-state index >= 15 is 0 Å². The quantitative estimate of drug-likeness (QED) is 0.733. The zero-order chi connectivity index (χ0) is 14.8. The van der Waals surface area contributed by atoms with Crippen molar-refractivity contribution in [1.29, 1.82) is 0 Å². The van der Waals surface area contributed by atoms with E-state index in [9.17, 15) is 0 Å². The Morgan fingerprint density at radius 2 is 1.91 bits per heavy atom. The van der Waals surface area contributed by atoms with Crippen molar-refractivity contribution in [3.05, 3.63) is 52.6 Å². The lowest BCUT2D eigenvalue weighted by molar-refractivity contribution is 0.227. The maximum Gasteiger partial charge on any atom is 0.131 e. The summed E-state index contributed by atoms with van der Waals surface area (Å²) >= 11 is 0. The topological polar surface area (TPSA) is 12.5 Å². The van der Waals surface area contributed by atoms with Crippen LogP contribution in [0, 0.1) is 0 Å². The summed E-state index contributed by atoms with van der Waals surface area (Å²) in [6.45, 7) is 3.33. The Kier molecular flexibility index (Phi) is 2.52. The van der Waals surface area contributed by atoms with E-state index in [1.807, 2.05) is 0 Å². The normalized spacial score (nSPS) is 25.2. The molecule has 2 heterocycles. The first-order valence-corrected chi connectivity index (χ1v) is 8.36. The number of benzene rings is 2. The van der Waals surface area contributed by atoms with Crippen LogP contribution in [0.5, 0.6) is 5.75 Å². The molecule has 3 aliphatic rings. The molecule has 112 valence electrons. The van der Waals surface area contributed by atoms with Crippen LogP contribution in [0.2, 0.25) is 0 Å². The zero-order valence-corrected chi connectivity index (χ0v) is 13.2. The molecule has 1 unspecified atom stereocenters. The van der Waals surface area contributed by atoms with Crippen molar-refractivity contribution < 1.29 is 4.74 Å². The van der Waals surface area contributed by atoms with E-state index in [-0.39, 0.29) is 0 Å². The van der Waals surface area contributed by atoms with Crippen LogP contribution < -0.4 is 4.74 Å². The van der Waals surface area contributed by atoms with Crippen LogP contribution in [-0.2, 0) is 19.3 Å². The summed E-state index contributed by atoms with van der Waals surface area (Å²) in [5, 5.41) is 0. The molecule has 5 rings (SSSR count). The Bertz CT molecular complexity index is 780. The molecule has 0 saturated carbocycles. The van der Waals surface area contributed by atoms with E-state index in [0.717, 1.165) is 31.6 Å². The second-order valence-electron chi connectivity index (χ2n) is 7.05. The molecule has 2 aromatic carbocycles. The first kappa shape index (κ1) is 12.7. The molecule has 22 heavy (non-hydrogen) atoms. The zero-order valence-electron chi connectivity index (χ0n) is 13.2. The van der Waals surface area contributed by atoms with Gasteiger partial charge in [0, 0.05) is 24.6 Å². The molecule has 2 nitrogen and oxygen atoms in total. The fourth-order valence-electron chi connectivity index (χ4n) is 4.56. The second kappa shape index (κ2) is 4.36. The number of rotatable bonds is 0. The molecular formula is C20H21NO. The summed E-state index contributed by atoms with van der Waals surface area (Å²) < 4.78 is 6.20. The summed E-state index contributed by atoms with van der Waals surface area (Å²) in [5.41, 5.74) is 8.73. The average Bonchev–Trinajstić information content (AvgIpc) is 2.91. The van der Waals surface area contributed by atoms with Crippen molar-refractivity contribution >= 4 is 0 Å². The molecule has 0 N–H and O–H groups in total. The van der Waals surface area contributed by atoms with Crippen molar-refractivity contribution in [3.8, 4) is 16.9 Å². The third-order valence-electron chi connectivity index (χ3n) is 5.63. The van der Waals surface area contributed by atoms with Gasteiger partial charge in [0.2, 0.25) is 0 Å². The van der Waals surface area contributed by atoms with Crippen LogP contribution in [0.15, 0.2) is 30.3 Å². The van der Waals surface area contributed by atoms with Crippen molar-refractivity contribution in [2.24, 2.45) is 0 Å². The third-order valence-corrected chi connectivity index (χ3v) is 5.63. The Morgan fingerprint density at radius 1 is 1.05 bits per heavy atom. The molecule has 2 atom stereocenters. The standard InChI is InChI=1S/C20H21NO/c1-12-10-15-7-6-14-11-17-18-13(8-9-21(17)2)4-3-5-16(18)19(14)20(15)22-12/h3-7,12,17H,8-11H2,1-2H3/t12?,17-/m1/s1. The Labute approximate surface area is 131 Å². The number of likely N-dealkylation sites (N-methyl/N-ethyl adjacent to an activating group) is 1. The van der Waals surface area contributed by atoms with Gasteiger partial charge in [0.25, 0.3) is 0 Å². The van der Waals surface area contributed by atoms with E-state index < -0.39 is 0 Å². The summed E-state index contributed by atoms with van der Waals surface area (Å²) in [5.74, 6) is 1.16. The first-order chi connectivity index (χ1) is 10.7. The molecule has 0 fully saturated rings. The van der Waals surface area contributed by atoms with Crippen LogP contribution in [0.3, 0.4) is 0 Å². The lowest BCUT2D eigenvalue weighted by Gasteiger charge is -2.40. The molecule has 0 bridgehead atoms. The molecule has 0 saturated heterocycles. The van der Waals surface area contributed by atoms with Crippen molar-refractivity contribution in [3.63, 3.8) is 0 Å². The van der Waals surface area contributed by atoms with Crippen molar-refractivity contribution in [1.82, 2.24) is 4.90 Å². The van der Waals surface area contributed by atoms with Gasteiger partial charge >= 0.3 is 0 Å². The summed E-state index contributed by atoms with van der Waals surface area (Å²) in [7, 11) is 2.27. The minimum absolute atomic E-state index is 0.307. The first-order valence-electron chi connectivity index (χ1n) is 8.36. The van der Waals surface area contributed by atoms with Crippen LogP contribution in [0.25, 0.3) is 11.1 Å². The minimum Gasteiger partial charge on any atom is -0.489 e. The lowest BCUT2D eigenvalue weighted by Crippen LogP contribution is -2.35. The molecule has 2 aromatic rings. The maximum absolute atomic E-state index is 6.20. The van der Waals surface area contributed by atoms with Gasteiger partial charge in [-0.15, -0.1) is 0 Å². The summed E-state index contributed by atoms with van der Waals surface area (Å²) in [6, 6.07) is 12.0. The van der Waals surface area contributed by atoms with Crippen molar-refractivity contribution in [2.75, 3.05) is 13.6 Å².